The number of benzene rings is 2. The maximum atomic E-state index is 12.6. The highest BCUT2D eigenvalue weighted by molar-refractivity contribution is 5.89. The summed E-state index contributed by atoms with van der Waals surface area (Å²) in [4.78, 5) is 24.5. The molecule has 5 atom stereocenters. The molecule has 0 spiro atoms. The number of amides is 1. The smallest absolute Gasteiger partial charge is 0.407 e. The highest BCUT2D eigenvalue weighted by Gasteiger charge is 2.44. The molecule has 8 nitrogen and oxygen atoms in total. The van der Waals surface area contributed by atoms with E-state index in [1.165, 1.54) is 0 Å². The standard InChI is InChI=1S/C26H33NO7/c1-18-19(2)23(34-24(29)21-12-7-4-8-13-21)25(33-22(18)16-28)31-15-9-14-27-26(30)32-17-20-10-5-3-6-11-20/h3-8,10-13,18-19,22-23,25,28H,9,14-17H2,1-2H3,(H,27,30)/t18-,19-,22?,23?,25-/m0/s1. The summed E-state index contributed by atoms with van der Waals surface area (Å²) in [5.41, 5.74) is 1.36. The van der Waals surface area contributed by atoms with E-state index in [2.05, 4.69) is 5.32 Å². The molecule has 0 radical (unpaired) electrons. The molecule has 1 saturated heterocycles. The molecule has 2 aromatic rings. The Kier molecular flexibility index (Phi) is 9.88. The van der Waals surface area contributed by atoms with E-state index in [1.807, 2.05) is 50.2 Å². The summed E-state index contributed by atoms with van der Waals surface area (Å²) in [5, 5.41) is 12.4. The van der Waals surface area contributed by atoms with E-state index < -0.39 is 30.6 Å². The first-order chi connectivity index (χ1) is 16.5. The van der Waals surface area contributed by atoms with Crippen molar-refractivity contribution in [3.63, 3.8) is 0 Å². The van der Waals surface area contributed by atoms with Crippen LogP contribution in [0.2, 0.25) is 0 Å². The number of hydrogen-bond acceptors (Lipinski definition) is 7. The van der Waals surface area contributed by atoms with Crippen molar-refractivity contribution in [2.75, 3.05) is 19.8 Å². The van der Waals surface area contributed by atoms with E-state index in [0.717, 1.165) is 5.56 Å². The average molecular weight is 472 g/mol. The highest BCUT2D eigenvalue weighted by atomic mass is 16.7. The van der Waals surface area contributed by atoms with Gasteiger partial charge in [-0.2, -0.15) is 0 Å². The van der Waals surface area contributed by atoms with E-state index in [9.17, 15) is 14.7 Å². The van der Waals surface area contributed by atoms with E-state index in [4.69, 9.17) is 18.9 Å². The number of nitrogens with one attached hydrogen (secondary N) is 1. The first-order valence-corrected chi connectivity index (χ1v) is 11.6. The monoisotopic (exact) mass is 471 g/mol. The van der Waals surface area contributed by atoms with Crippen LogP contribution in [0.5, 0.6) is 0 Å². The predicted octanol–water partition coefficient (Wildman–Crippen LogP) is 3.53. The number of rotatable bonds is 10. The fraction of sp³-hybridized carbons (Fsp3) is 0.462. The number of ether oxygens (including phenoxy) is 4. The fourth-order valence-corrected chi connectivity index (χ4v) is 3.77. The number of alkyl carbamates (subject to hydrolysis) is 1. The Bertz CT molecular complexity index is 893. The Morgan fingerprint density at radius 3 is 2.35 bits per heavy atom. The third-order valence-electron chi connectivity index (χ3n) is 6.03. The van der Waals surface area contributed by atoms with Gasteiger partial charge in [0.05, 0.1) is 24.9 Å². The van der Waals surface area contributed by atoms with Crippen LogP contribution in [-0.2, 0) is 25.6 Å². The van der Waals surface area contributed by atoms with Gasteiger partial charge in [-0.25, -0.2) is 9.59 Å². The predicted molar refractivity (Wildman–Crippen MR) is 125 cm³/mol. The topological polar surface area (TPSA) is 103 Å². The molecular weight excluding hydrogens is 438 g/mol. The van der Waals surface area contributed by atoms with Gasteiger partial charge in [0.15, 0.2) is 12.4 Å². The third-order valence-corrected chi connectivity index (χ3v) is 6.03. The van der Waals surface area contributed by atoms with E-state index in [1.54, 1.807) is 24.3 Å². The third kappa shape index (κ3) is 7.28. The molecule has 1 fully saturated rings. The van der Waals surface area contributed by atoms with Gasteiger partial charge in [0.2, 0.25) is 0 Å². The molecular formula is C26H33NO7. The summed E-state index contributed by atoms with van der Waals surface area (Å²) in [6.45, 7) is 4.58. The molecule has 184 valence electrons. The van der Waals surface area contributed by atoms with Crippen molar-refractivity contribution in [1.82, 2.24) is 5.32 Å². The zero-order valence-corrected chi connectivity index (χ0v) is 19.6. The van der Waals surface area contributed by atoms with Crippen LogP contribution in [0.4, 0.5) is 4.79 Å². The van der Waals surface area contributed by atoms with Crippen molar-refractivity contribution in [1.29, 1.82) is 0 Å². The Balaban J connectivity index is 1.46. The van der Waals surface area contributed by atoms with Crippen molar-refractivity contribution in [3.05, 3.63) is 71.8 Å². The number of hydrogen-bond donors (Lipinski definition) is 2. The van der Waals surface area contributed by atoms with Crippen LogP contribution in [0.1, 0.15) is 36.2 Å². The molecule has 0 saturated carbocycles. The van der Waals surface area contributed by atoms with Gasteiger partial charge in [-0.05, 0) is 30.0 Å². The maximum absolute atomic E-state index is 12.6. The zero-order valence-electron chi connectivity index (χ0n) is 19.6. The fourth-order valence-electron chi connectivity index (χ4n) is 3.77. The van der Waals surface area contributed by atoms with Gasteiger partial charge in [0.25, 0.3) is 0 Å². The average Bonchev–Trinajstić information content (AvgIpc) is 2.87. The lowest BCUT2D eigenvalue weighted by Crippen LogP contribution is -2.53. The first kappa shape index (κ1) is 25.7. The molecule has 8 heteroatoms. The van der Waals surface area contributed by atoms with E-state index in [-0.39, 0.29) is 31.7 Å². The Hall–Kier alpha value is -2.94. The van der Waals surface area contributed by atoms with Crippen LogP contribution in [-0.4, -0.2) is 55.4 Å². The summed E-state index contributed by atoms with van der Waals surface area (Å²) in [7, 11) is 0. The molecule has 0 bridgehead atoms. The minimum Gasteiger partial charge on any atom is -0.453 e. The van der Waals surface area contributed by atoms with Crippen LogP contribution >= 0.6 is 0 Å². The quantitative estimate of drug-likeness (QED) is 0.404. The van der Waals surface area contributed by atoms with Crippen molar-refractivity contribution < 1.29 is 33.6 Å². The molecule has 1 heterocycles. The van der Waals surface area contributed by atoms with Crippen LogP contribution < -0.4 is 5.32 Å². The normalized spacial score (nSPS) is 24.3. The molecule has 1 amide bonds. The minimum atomic E-state index is -0.818. The van der Waals surface area contributed by atoms with Crippen LogP contribution in [0.25, 0.3) is 0 Å². The molecule has 34 heavy (non-hydrogen) atoms. The van der Waals surface area contributed by atoms with Crippen molar-refractivity contribution in [2.24, 2.45) is 11.8 Å². The summed E-state index contributed by atoms with van der Waals surface area (Å²) < 4.78 is 22.8. The second-order valence-corrected chi connectivity index (χ2v) is 8.39. The molecule has 1 aliphatic rings. The lowest BCUT2D eigenvalue weighted by atomic mass is 9.83. The molecule has 2 aromatic carbocycles. The van der Waals surface area contributed by atoms with Crippen LogP contribution in [0.3, 0.4) is 0 Å². The van der Waals surface area contributed by atoms with Gasteiger partial charge in [0, 0.05) is 12.5 Å². The molecule has 0 aromatic heterocycles. The van der Waals surface area contributed by atoms with Crippen molar-refractivity contribution in [2.45, 2.75) is 45.4 Å². The van der Waals surface area contributed by atoms with Gasteiger partial charge < -0.3 is 29.4 Å². The van der Waals surface area contributed by atoms with Crippen molar-refractivity contribution in [3.8, 4) is 0 Å². The lowest BCUT2D eigenvalue weighted by molar-refractivity contribution is -0.274. The zero-order chi connectivity index (χ0) is 24.3. The molecule has 3 rings (SSSR count). The summed E-state index contributed by atoms with van der Waals surface area (Å²) in [6, 6.07) is 18.2. The SMILES string of the molecule is C[C@@H]1C(CO)O[C@H](OCCCNC(=O)OCc2ccccc2)C(OC(=O)c2ccccc2)[C@H]1C. The molecule has 2 unspecified atom stereocenters. The largest absolute Gasteiger partial charge is 0.453 e. The second kappa shape index (κ2) is 13.1. The van der Waals surface area contributed by atoms with Gasteiger partial charge in [-0.15, -0.1) is 0 Å². The number of carbonyl (C=O) groups excluding carboxylic acids is 2. The first-order valence-electron chi connectivity index (χ1n) is 11.6. The van der Waals surface area contributed by atoms with E-state index in [0.29, 0.717) is 18.5 Å². The highest BCUT2D eigenvalue weighted by Crippen LogP contribution is 2.33. The minimum absolute atomic E-state index is 0.0283. The Labute approximate surface area is 200 Å². The number of aliphatic hydroxyl groups excluding tert-OH is 1. The molecule has 2 N–H and O–H groups in total. The van der Waals surface area contributed by atoms with Gasteiger partial charge in [-0.3, -0.25) is 0 Å². The Morgan fingerprint density at radius 2 is 1.68 bits per heavy atom. The maximum Gasteiger partial charge on any atom is 0.407 e. The van der Waals surface area contributed by atoms with Crippen LogP contribution in [0, 0.1) is 11.8 Å². The van der Waals surface area contributed by atoms with Gasteiger partial charge >= 0.3 is 12.1 Å². The molecule has 1 aliphatic heterocycles. The Morgan fingerprint density at radius 1 is 1.00 bits per heavy atom. The summed E-state index contributed by atoms with van der Waals surface area (Å²) in [5.74, 6) is -0.568. The molecule has 0 aliphatic carbocycles. The lowest BCUT2D eigenvalue weighted by Gasteiger charge is -2.43. The summed E-state index contributed by atoms with van der Waals surface area (Å²) >= 11 is 0. The number of esters is 1. The number of aliphatic hydroxyl groups is 1. The van der Waals surface area contributed by atoms with Crippen LogP contribution in [0.15, 0.2) is 60.7 Å². The van der Waals surface area contributed by atoms with Gasteiger partial charge in [-0.1, -0.05) is 62.4 Å². The summed E-state index contributed by atoms with van der Waals surface area (Å²) in [6.07, 6.45) is -1.86. The number of carbonyl (C=O) groups is 2. The van der Waals surface area contributed by atoms with E-state index >= 15 is 0 Å². The second-order valence-electron chi connectivity index (χ2n) is 8.39. The van der Waals surface area contributed by atoms with Gasteiger partial charge in [0.1, 0.15) is 6.61 Å². The van der Waals surface area contributed by atoms with Crippen molar-refractivity contribution >= 4 is 12.1 Å².